The number of aliphatic hydroxyl groups is 1. The van der Waals surface area contributed by atoms with Gasteiger partial charge in [-0.15, -0.1) is 0 Å². The van der Waals surface area contributed by atoms with Gasteiger partial charge in [-0.1, -0.05) is 59.3 Å². The topological polar surface area (TPSA) is 151 Å². The Bertz CT molecular complexity index is 1250. The number of benzene rings is 2. The number of hydrogen-bond donors (Lipinski definition) is 4. The van der Waals surface area contributed by atoms with Gasteiger partial charge in [0.15, 0.2) is 5.69 Å². The van der Waals surface area contributed by atoms with Crippen molar-refractivity contribution in [1.82, 2.24) is 21.1 Å². The van der Waals surface area contributed by atoms with E-state index in [1.54, 1.807) is 31.2 Å². The maximum atomic E-state index is 13.1. The summed E-state index contributed by atoms with van der Waals surface area (Å²) in [5.74, 6) is -1.41. The van der Waals surface area contributed by atoms with Crippen LogP contribution >= 0.6 is 0 Å². The number of nitrogens with zero attached hydrogens (tertiary/aromatic N) is 1. The number of rotatable bonds is 12. The fourth-order valence-electron chi connectivity index (χ4n) is 3.72. The molecule has 0 saturated heterocycles. The summed E-state index contributed by atoms with van der Waals surface area (Å²) in [7, 11) is 0. The minimum Gasteiger partial charge on any atom is -0.391 e. The second kappa shape index (κ2) is 13.3. The fourth-order valence-corrected chi connectivity index (χ4v) is 3.72. The molecular formula is C28H32N4O6. The van der Waals surface area contributed by atoms with Crippen LogP contribution in [0.2, 0.25) is 0 Å². The van der Waals surface area contributed by atoms with Crippen molar-refractivity contribution in [3.05, 3.63) is 88.3 Å². The minimum absolute atomic E-state index is 0.0351. The zero-order valence-corrected chi connectivity index (χ0v) is 21.6. The molecule has 10 heteroatoms. The van der Waals surface area contributed by atoms with E-state index < -0.39 is 35.9 Å². The average molecular weight is 521 g/mol. The molecule has 0 aliphatic heterocycles. The summed E-state index contributed by atoms with van der Waals surface area (Å²) in [5.41, 5.74) is 3.37. The molecule has 0 spiro atoms. The molecule has 10 nitrogen and oxygen atoms in total. The Morgan fingerprint density at radius 2 is 1.63 bits per heavy atom. The van der Waals surface area contributed by atoms with Gasteiger partial charge in [0.25, 0.3) is 5.91 Å². The fraction of sp³-hybridized carbons (Fsp3) is 0.321. The second-order valence-corrected chi connectivity index (χ2v) is 9.18. The van der Waals surface area contributed by atoms with Crippen LogP contribution in [0.1, 0.15) is 56.6 Å². The first-order valence-corrected chi connectivity index (χ1v) is 12.3. The Hall–Kier alpha value is -4.31. The summed E-state index contributed by atoms with van der Waals surface area (Å²) in [6, 6.07) is 13.7. The van der Waals surface area contributed by atoms with Crippen LogP contribution in [-0.4, -0.2) is 52.5 Å². The van der Waals surface area contributed by atoms with Crippen LogP contribution in [0.5, 0.6) is 0 Å². The van der Waals surface area contributed by atoms with Gasteiger partial charge >= 0.3 is 0 Å². The number of hydrogen-bond acceptors (Lipinski definition) is 7. The van der Waals surface area contributed by atoms with Crippen LogP contribution < -0.4 is 16.0 Å². The average Bonchev–Trinajstić information content (AvgIpc) is 3.35. The highest BCUT2D eigenvalue weighted by molar-refractivity contribution is 5.97. The molecule has 0 aliphatic rings. The van der Waals surface area contributed by atoms with Gasteiger partial charge in [0, 0.05) is 18.2 Å². The number of aldehydes is 1. The Labute approximate surface area is 220 Å². The van der Waals surface area contributed by atoms with Gasteiger partial charge in [-0.25, -0.2) is 0 Å². The molecule has 1 aromatic heterocycles. The number of nitrogens with one attached hydrogen (secondary N) is 3. The van der Waals surface area contributed by atoms with Gasteiger partial charge in [-0.3, -0.25) is 19.2 Å². The normalized spacial score (nSPS) is 13.2. The van der Waals surface area contributed by atoms with E-state index in [0.717, 1.165) is 23.0 Å². The highest BCUT2D eigenvalue weighted by Crippen LogP contribution is 2.10. The van der Waals surface area contributed by atoms with Crippen molar-refractivity contribution in [3.8, 4) is 0 Å². The minimum atomic E-state index is -1.33. The maximum Gasteiger partial charge on any atom is 0.274 e. The lowest BCUT2D eigenvalue weighted by Crippen LogP contribution is -2.57. The molecule has 3 rings (SSSR count). The SMILES string of the molecule is Cc1ccc(CNC(=O)C(CCc2ccc(C=O)cc2)NC(=O)[C@@H](NC(=O)c2cc(C)on2)[C@@H](C)O)cc1. The third kappa shape index (κ3) is 8.10. The number of aliphatic hydroxyl groups excluding tert-OH is 1. The highest BCUT2D eigenvalue weighted by Gasteiger charge is 2.30. The van der Waals surface area contributed by atoms with Crippen LogP contribution in [-0.2, 0) is 22.6 Å². The predicted molar refractivity (Wildman–Crippen MR) is 139 cm³/mol. The summed E-state index contributed by atoms with van der Waals surface area (Å²) < 4.78 is 4.90. The van der Waals surface area contributed by atoms with Crippen molar-refractivity contribution < 1.29 is 28.8 Å². The summed E-state index contributed by atoms with van der Waals surface area (Å²) in [5, 5.41) is 21.8. The van der Waals surface area contributed by atoms with Gasteiger partial charge in [0.1, 0.15) is 24.1 Å². The summed E-state index contributed by atoms with van der Waals surface area (Å²) in [6.07, 6.45) is 0.177. The number of aryl methyl sites for hydroxylation is 3. The number of aromatic nitrogens is 1. The molecule has 3 aromatic rings. The first kappa shape index (κ1) is 28.3. The molecule has 1 heterocycles. The largest absolute Gasteiger partial charge is 0.391 e. The van der Waals surface area contributed by atoms with Gasteiger partial charge in [0.2, 0.25) is 11.8 Å². The number of carbonyl (C=O) groups is 4. The zero-order chi connectivity index (χ0) is 27.7. The first-order valence-electron chi connectivity index (χ1n) is 12.3. The zero-order valence-electron chi connectivity index (χ0n) is 21.6. The van der Waals surface area contributed by atoms with E-state index in [2.05, 4.69) is 21.1 Å². The molecule has 0 saturated carbocycles. The molecule has 0 fully saturated rings. The molecule has 4 N–H and O–H groups in total. The van der Waals surface area contributed by atoms with Crippen LogP contribution in [0.4, 0.5) is 0 Å². The Kier molecular flexibility index (Phi) is 9.89. The summed E-state index contributed by atoms with van der Waals surface area (Å²) in [6.45, 7) is 5.22. The van der Waals surface area contributed by atoms with Gasteiger partial charge in [0.05, 0.1) is 6.10 Å². The smallest absolute Gasteiger partial charge is 0.274 e. The lowest BCUT2D eigenvalue weighted by Gasteiger charge is -2.24. The predicted octanol–water partition coefficient (Wildman–Crippen LogP) is 2.02. The monoisotopic (exact) mass is 520 g/mol. The van der Waals surface area contributed by atoms with Crippen molar-refractivity contribution in [1.29, 1.82) is 0 Å². The Morgan fingerprint density at radius 1 is 0.974 bits per heavy atom. The van der Waals surface area contributed by atoms with Gasteiger partial charge in [-0.2, -0.15) is 0 Å². The van der Waals surface area contributed by atoms with Gasteiger partial charge < -0.3 is 25.6 Å². The standard InChI is InChI=1S/C28H32N4O6/c1-17-4-6-21(7-5-17)15-29-26(35)23(13-12-20-8-10-22(16-33)11-9-20)30-28(37)25(19(3)34)31-27(36)24-14-18(2)38-32-24/h4-11,14,16,19,23,25,34H,12-13,15H2,1-3H3,(H,29,35)(H,30,37)(H,31,36)/t19-,23?,25+/m1/s1. The molecule has 3 atom stereocenters. The van der Waals surface area contributed by atoms with Crippen molar-refractivity contribution in [2.24, 2.45) is 0 Å². The number of carbonyl (C=O) groups excluding carboxylic acids is 4. The molecule has 0 radical (unpaired) electrons. The van der Waals surface area contributed by atoms with Crippen molar-refractivity contribution >= 4 is 24.0 Å². The Morgan fingerprint density at radius 3 is 2.21 bits per heavy atom. The Balaban J connectivity index is 1.71. The molecule has 1 unspecified atom stereocenters. The van der Waals surface area contributed by atoms with Crippen LogP contribution in [0.3, 0.4) is 0 Å². The van der Waals surface area contributed by atoms with Crippen LogP contribution in [0.15, 0.2) is 59.1 Å². The van der Waals surface area contributed by atoms with E-state index in [1.807, 2.05) is 31.2 Å². The third-order valence-electron chi connectivity index (χ3n) is 5.97. The maximum absolute atomic E-state index is 13.1. The molecule has 38 heavy (non-hydrogen) atoms. The van der Waals surface area contributed by atoms with E-state index in [9.17, 15) is 24.3 Å². The molecule has 0 aliphatic carbocycles. The van der Waals surface area contributed by atoms with E-state index in [4.69, 9.17) is 4.52 Å². The highest BCUT2D eigenvalue weighted by atomic mass is 16.5. The molecule has 0 bridgehead atoms. The quantitative estimate of drug-likeness (QED) is 0.267. The van der Waals surface area contributed by atoms with Gasteiger partial charge in [-0.05, 0) is 44.7 Å². The van der Waals surface area contributed by atoms with E-state index in [-0.39, 0.29) is 18.7 Å². The third-order valence-corrected chi connectivity index (χ3v) is 5.97. The molecular weight excluding hydrogens is 488 g/mol. The van der Waals surface area contributed by atoms with Crippen molar-refractivity contribution in [2.75, 3.05) is 0 Å². The lowest BCUT2D eigenvalue weighted by atomic mass is 10.0. The second-order valence-electron chi connectivity index (χ2n) is 9.18. The van der Waals surface area contributed by atoms with Crippen molar-refractivity contribution in [2.45, 2.75) is 58.3 Å². The van der Waals surface area contributed by atoms with E-state index >= 15 is 0 Å². The molecule has 2 aromatic carbocycles. The van der Waals surface area contributed by atoms with E-state index in [1.165, 1.54) is 13.0 Å². The van der Waals surface area contributed by atoms with Crippen molar-refractivity contribution in [3.63, 3.8) is 0 Å². The number of amides is 3. The molecule has 3 amide bonds. The van der Waals surface area contributed by atoms with Crippen LogP contribution in [0, 0.1) is 13.8 Å². The lowest BCUT2D eigenvalue weighted by molar-refractivity contribution is -0.131. The molecule has 200 valence electrons. The van der Waals surface area contributed by atoms with E-state index in [0.29, 0.717) is 17.7 Å². The summed E-state index contributed by atoms with van der Waals surface area (Å²) >= 11 is 0. The van der Waals surface area contributed by atoms with Crippen LogP contribution in [0.25, 0.3) is 0 Å². The summed E-state index contributed by atoms with van der Waals surface area (Å²) in [4.78, 5) is 49.7. The first-order chi connectivity index (χ1) is 18.2.